The van der Waals surface area contributed by atoms with Crippen LogP contribution in [-0.4, -0.2) is 27.4 Å². The summed E-state index contributed by atoms with van der Waals surface area (Å²) in [5.74, 6) is -0.973. The summed E-state index contributed by atoms with van der Waals surface area (Å²) in [5, 5.41) is 19.9. The number of carbonyl (C=O) groups is 1. The molecule has 4 nitrogen and oxygen atoms in total. The fourth-order valence-corrected chi connectivity index (χ4v) is 2.77. The molecule has 1 aliphatic rings. The van der Waals surface area contributed by atoms with Crippen molar-refractivity contribution in [1.82, 2.24) is 0 Å². The maximum Gasteiger partial charge on any atom is 0.336 e. The Balaban J connectivity index is 2.54. The Bertz CT molecular complexity index is 495. The molecule has 0 spiro atoms. The quantitative estimate of drug-likeness (QED) is 0.880. The molecular weight excluding hydrogens is 244 g/mol. The number of carboxylic acids is 1. The number of hydrogen-bond donors (Lipinski definition) is 2. The summed E-state index contributed by atoms with van der Waals surface area (Å²) in [4.78, 5) is 11.5. The first-order valence-corrected chi connectivity index (χ1v) is 6.54. The Morgan fingerprint density at radius 2 is 2.11 bits per heavy atom. The fourth-order valence-electron chi connectivity index (χ4n) is 2.77. The van der Waals surface area contributed by atoms with Crippen LogP contribution in [0, 0.1) is 0 Å². The molecular formula is C15H20O4. The molecule has 0 saturated heterocycles. The van der Waals surface area contributed by atoms with Crippen molar-refractivity contribution < 1.29 is 19.7 Å². The van der Waals surface area contributed by atoms with Crippen molar-refractivity contribution in [3.8, 4) is 5.75 Å². The van der Waals surface area contributed by atoms with Gasteiger partial charge in [-0.3, -0.25) is 0 Å². The molecule has 19 heavy (non-hydrogen) atoms. The highest BCUT2D eigenvalue weighted by Gasteiger charge is 2.49. The van der Waals surface area contributed by atoms with Gasteiger partial charge < -0.3 is 14.9 Å². The Morgan fingerprint density at radius 1 is 1.47 bits per heavy atom. The van der Waals surface area contributed by atoms with Crippen molar-refractivity contribution in [2.45, 2.75) is 50.7 Å². The highest BCUT2D eigenvalue weighted by atomic mass is 16.5. The monoisotopic (exact) mass is 264 g/mol. The SMILES string of the molecule is CCC(O)(C(=O)O)C1CC(C)(C)Oc2ccccc21. The molecule has 0 fully saturated rings. The van der Waals surface area contributed by atoms with Crippen LogP contribution in [0.2, 0.25) is 0 Å². The predicted molar refractivity (Wildman–Crippen MR) is 71.4 cm³/mol. The van der Waals surface area contributed by atoms with Crippen molar-refractivity contribution in [1.29, 1.82) is 0 Å². The topological polar surface area (TPSA) is 66.8 Å². The Morgan fingerprint density at radius 3 is 2.68 bits per heavy atom. The number of fused-ring (bicyclic) bond motifs is 1. The maximum atomic E-state index is 11.5. The van der Waals surface area contributed by atoms with E-state index in [9.17, 15) is 15.0 Å². The molecule has 0 bridgehead atoms. The van der Waals surface area contributed by atoms with E-state index in [-0.39, 0.29) is 6.42 Å². The van der Waals surface area contributed by atoms with Gasteiger partial charge in [-0.25, -0.2) is 4.79 Å². The van der Waals surface area contributed by atoms with Gasteiger partial charge in [0.25, 0.3) is 0 Å². The summed E-state index contributed by atoms with van der Waals surface area (Å²) >= 11 is 0. The van der Waals surface area contributed by atoms with E-state index in [1.807, 2.05) is 38.1 Å². The average Bonchev–Trinajstić information content (AvgIpc) is 2.35. The zero-order valence-corrected chi connectivity index (χ0v) is 11.5. The first kappa shape index (κ1) is 13.9. The summed E-state index contributed by atoms with van der Waals surface area (Å²) in [5.41, 5.74) is -1.47. The van der Waals surface area contributed by atoms with Crippen LogP contribution in [0.3, 0.4) is 0 Å². The van der Waals surface area contributed by atoms with Gasteiger partial charge in [0.05, 0.1) is 0 Å². The minimum Gasteiger partial charge on any atom is -0.488 e. The highest BCUT2D eigenvalue weighted by molar-refractivity contribution is 5.79. The van der Waals surface area contributed by atoms with E-state index in [4.69, 9.17) is 4.74 Å². The zero-order valence-electron chi connectivity index (χ0n) is 11.5. The second kappa shape index (κ2) is 4.53. The number of rotatable bonds is 3. The van der Waals surface area contributed by atoms with Crippen LogP contribution in [0.5, 0.6) is 5.75 Å². The highest BCUT2D eigenvalue weighted by Crippen LogP contribution is 2.46. The van der Waals surface area contributed by atoms with E-state index in [2.05, 4.69) is 0 Å². The van der Waals surface area contributed by atoms with E-state index in [0.717, 1.165) is 5.56 Å². The fraction of sp³-hybridized carbons (Fsp3) is 0.533. The van der Waals surface area contributed by atoms with Gasteiger partial charge in [0.2, 0.25) is 0 Å². The van der Waals surface area contributed by atoms with Gasteiger partial charge in [-0.1, -0.05) is 25.1 Å². The first-order chi connectivity index (χ1) is 8.80. The molecule has 0 saturated carbocycles. The number of benzene rings is 1. The summed E-state index contributed by atoms with van der Waals surface area (Å²) in [6.45, 7) is 5.51. The van der Waals surface area contributed by atoms with Crippen molar-refractivity contribution in [3.05, 3.63) is 29.8 Å². The smallest absolute Gasteiger partial charge is 0.336 e. The van der Waals surface area contributed by atoms with Crippen molar-refractivity contribution in [2.75, 3.05) is 0 Å². The maximum absolute atomic E-state index is 11.5. The molecule has 0 radical (unpaired) electrons. The minimum absolute atomic E-state index is 0.164. The van der Waals surface area contributed by atoms with Gasteiger partial charge in [-0.2, -0.15) is 0 Å². The molecule has 104 valence electrons. The first-order valence-electron chi connectivity index (χ1n) is 6.54. The largest absolute Gasteiger partial charge is 0.488 e. The van der Waals surface area contributed by atoms with Gasteiger partial charge >= 0.3 is 5.97 Å². The van der Waals surface area contributed by atoms with Gasteiger partial charge in [0, 0.05) is 11.5 Å². The van der Waals surface area contributed by atoms with E-state index < -0.39 is 23.1 Å². The Kier molecular flexibility index (Phi) is 3.31. The number of aliphatic hydroxyl groups is 1. The Labute approximate surface area is 113 Å². The van der Waals surface area contributed by atoms with Gasteiger partial charge in [0.15, 0.2) is 5.60 Å². The molecule has 0 amide bonds. The molecule has 2 N–H and O–H groups in total. The summed E-state index contributed by atoms with van der Waals surface area (Å²) in [6.07, 6.45) is 0.637. The van der Waals surface area contributed by atoms with Crippen molar-refractivity contribution in [3.63, 3.8) is 0 Å². The van der Waals surface area contributed by atoms with Crippen LogP contribution in [0.15, 0.2) is 24.3 Å². The molecule has 2 rings (SSSR count). The van der Waals surface area contributed by atoms with Crippen LogP contribution < -0.4 is 4.74 Å². The molecule has 0 aromatic heterocycles. The van der Waals surface area contributed by atoms with E-state index >= 15 is 0 Å². The normalized spacial score (nSPS) is 23.9. The number of ether oxygens (including phenoxy) is 1. The second-order valence-electron chi connectivity index (χ2n) is 5.74. The van der Waals surface area contributed by atoms with E-state index in [1.165, 1.54) is 0 Å². The molecule has 4 heteroatoms. The van der Waals surface area contributed by atoms with Gasteiger partial charge in [-0.15, -0.1) is 0 Å². The number of aliphatic carboxylic acids is 1. The lowest BCUT2D eigenvalue weighted by Gasteiger charge is -2.42. The molecule has 1 aromatic carbocycles. The lowest BCUT2D eigenvalue weighted by molar-refractivity contribution is -0.163. The molecule has 2 unspecified atom stereocenters. The van der Waals surface area contributed by atoms with Crippen LogP contribution in [0.25, 0.3) is 0 Å². The van der Waals surface area contributed by atoms with Crippen LogP contribution >= 0.6 is 0 Å². The van der Waals surface area contributed by atoms with E-state index in [0.29, 0.717) is 12.2 Å². The van der Waals surface area contributed by atoms with Gasteiger partial charge in [-0.05, 0) is 32.8 Å². The predicted octanol–water partition coefficient (Wildman–Crippen LogP) is 2.56. The van der Waals surface area contributed by atoms with Crippen molar-refractivity contribution >= 4 is 5.97 Å². The molecule has 1 aromatic rings. The van der Waals surface area contributed by atoms with Crippen molar-refractivity contribution in [2.24, 2.45) is 0 Å². The number of hydrogen-bond acceptors (Lipinski definition) is 3. The number of para-hydroxylation sites is 1. The Hall–Kier alpha value is -1.55. The molecule has 1 aliphatic heterocycles. The lowest BCUT2D eigenvalue weighted by Crippen LogP contribution is -2.49. The van der Waals surface area contributed by atoms with Gasteiger partial charge in [0.1, 0.15) is 11.4 Å². The third kappa shape index (κ3) is 2.32. The standard InChI is InChI=1S/C15H20O4/c1-4-15(18,13(16)17)11-9-14(2,3)19-12-8-6-5-7-10(11)12/h5-8,11,18H,4,9H2,1-3H3,(H,16,17). The molecule has 0 aliphatic carbocycles. The third-order valence-corrected chi connectivity index (χ3v) is 3.86. The zero-order chi connectivity index (χ0) is 14.3. The van der Waals surface area contributed by atoms with Crippen LogP contribution in [-0.2, 0) is 4.79 Å². The van der Waals surface area contributed by atoms with Crippen LogP contribution in [0.4, 0.5) is 0 Å². The summed E-state index contributed by atoms with van der Waals surface area (Å²) < 4.78 is 5.86. The van der Waals surface area contributed by atoms with Crippen LogP contribution in [0.1, 0.15) is 45.1 Å². The second-order valence-corrected chi connectivity index (χ2v) is 5.74. The molecule has 1 heterocycles. The number of carboxylic acid groups (broad SMARTS) is 1. The average molecular weight is 264 g/mol. The molecule has 2 atom stereocenters. The third-order valence-electron chi connectivity index (χ3n) is 3.86. The minimum atomic E-state index is -1.75. The lowest BCUT2D eigenvalue weighted by atomic mass is 9.73. The summed E-state index contributed by atoms with van der Waals surface area (Å²) in [6, 6.07) is 7.34. The summed E-state index contributed by atoms with van der Waals surface area (Å²) in [7, 11) is 0. The van der Waals surface area contributed by atoms with E-state index in [1.54, 1.807) is 6.92 Å².